The van der Waals surface area contributed by atoms with E-state index in [2.05, 4.69) is 16.0 Å². The van der Waals surface area contributed by atoms with Crippen LogP contribution in [0.3, 0.4) is 0 Å². The number of para-hydroxylation sites is 3. The van der Waals surface area contributed by atoms with E-state index in [9.17, 15) is 9.59 Å². The Bertz CT molecular complexity index is 986. The van der Waals surface area contributed by atoms with Gasteiger partial charge in [0.05, 0.1) is 38.1 Å². The van der Waals surface area contributed by atoms with Crippen LogP contribution in [0.15, 0.2) is 53.7 Å². The van der Waals surface area contributed by atoms with Gasteiger partial charge in [-0.15, -0.1) is 0 Å². The molecule has 0 radical (unpaired) electrons. The average Bonchev–Trinajstić information content (AvgIpc) is 2.73. The molecule has 30 heavy (non-hydrogen) atoms. The van der Waals surface area contributed by atoms with Crippen LogP contribution in [0.5, 0.6) is 17.2 Å². The van der Waals surface area contributed by atoms with Crippen molar-refractivity contribution >= 4 is 17.6 Å². The van der Waals surface area contributed by atoms with Crippen molar-refractivity contribution in [3.05, 3.63) is 59.3 Å². The van der Waals surface area contributed by atoms with Gasteiger partial charge in [-0.3, -0.25) is 4.79 Å². The number of nitrogens with one attached hydrogen (secondary N) is 3. The van der Waals surface area contributed by atoms with E-state index in [1.54, 1.807) is 37.3 Å². The maximum atomic E-state index is 13.3. The molecule has 3 rings (SSSR count). The normalized spacial score (nSPS) is 15.7. The number of rotatable bonds is 7. The molecule has 0 saturated carbocycles. The zero-order valence-electron chi connectivity index (χ0n) is 17.4. The summed E-state index contributed by atoms with van der Waals surface area (Å²) < 4.78 is 16.5. The van der Waals surface area contributed by atoms with Crippen molar-refractivity contribution in [1.82, 2.24) is 10.6 Å². The molecule has 2 aromatic rings. The summed E-state index contributed by atoms with van der Waals surface area (Å²) in [4.78, 5) is 25.5. The van der Waals surface area contributed by atoms with Crippen molar-refractivity contribution in [3.8, 4) is 17.2 Å². The molecule has 8 heteroatoms. The lowest BCUT2D eigenvalue weighted by Gasteiger charge is -2.30. The molecule has 8 nitrogen and oxygen atoms in total. The van der Waals surface area contributed by atoms with Gasteiger partial charge in [0.25, 0.3) is 5.91 Å². The molecular weight excluding hydrogens is 386 g/mol. The fourth-order valence-corrected chi connectivity index (χ4v) is 3.41. The van der Waals surface area contributed by atoms with Crippen molar-refractivity contribution in [3.63, 3.8) is 0 Å². The summed E-state index contributed by atoms with van der Waals surface area (Å²) in [5.41, 5.74) is 1.94. The summed E-state index contributed by atoms with van der Waals surface area (Å²) in [6.07, 6.45) is 0. The van der Waals surface area contributed by atoms with Crippen molar-refractivity contribution in [2.75, 3.05) is 26.1 Å². The summed E-state index contributed by atoms with van der Waals surface area (Å²) in [6, 6.07) is 11.3. The molecule has 0 spiro atoms. The number of urea groups is 1. The maximum Gasteiger partial charge on any atom is 0.319 e. The van der Waals surface area contributed by atoms with Gasteiger partial charge in [0.15, 0.2) is 11.5 Å². The zero-order chi connectivity index (χ0) is 21.7. The van der Waals surface area contributed by atoms with Crippen molar-refractivity contribution < 1.29 is 23.8 Å². The molecule has 0 unspecified atom stereocenters. The van der Waals surface area contributed by atoms with E-state index < -0.39 is 12.1 Å². The van der Waals surface area contributed by atoms with Crippen LogP contribution < -0.4 is 30.2 Å². The number of anilines is 1. The van der Waals surface area contributed by atoms with Crippen LogP contribution in [-0.4, -0.2) is 32.8 Å². The molecule has 158 valence electrons. The van der Waals surface area contributed by atoms with Crippen molar-refractivity contribution in [2.24, 2.45) is 0 Å². The monoisotopic (exact) mass is 411 g/mol. The number of carbonyl (C=O) groups excluding carboxylic acids is 2. The highest BCUT2D eigenvalue weighted by molar-refractivity contribution is 6.07. The SMILES string of the molecule is CCOc1ccccc1NC(=O)C1=C(C)NC(=O)N[C@@H]1c1cccc(OC)c1OC. The maximum absolute atomic E-state index is 13.3. The molecule has 0 fully saturated rings. The third-order valence-electron chi connectivity index (χ3n) is 4.69. The van der Waals surface area contributed by atoms with Gasteiger partial charge in [0.1, 0.15) is 5.75 Å². The van der Waals surface area contributed by atoms with Crippen LogP contribution in [0.4, 0.5) is 10.5 Å². The average molecular weight is 411 g/mol. The molecular formula is C22H25N3O5. The number of allylic oxidation sites excluding steroid dienone is 1. The summed E-state index contributed by atoms with van der Waals surface area (Å²) >= 11 is 0. The van der Waals surface area contributed by atoms with E-state index in [-0.39, 0.29) is 5.91 Å². The first-order valence-corrected chi connectivity index (χ1v) is 9.52. The smallest absolute Gasteiger partial charge is 0.319 e. The Labute approximate surface area is 175 Å². The van der Waals surface area contributed by atoms with E-state index >= 15 is 0 Å². The predicted molar refractivity (Wildman–Crippen MR) is 113 cm³/mol. The second-order valence-electron chi connectivity index (χ2n) is 6.54. The van der Waals surface area contributed by atoms with Gasteiger partial charge < -0.3 is 30.2 Å². The molecule has 1 heterocycles. The van der Waals surface area contributed by atoms with Gasteiger partial charge in [-0.05, 0) is 32.0 Å². The lowest BCUT2D eigenvalue weighted by molar-refractivity contribution is -0.113. The lowest BCUT2D eigenvalue weighted by atomic mass is 9.93. The van der Waals surface area contributed by atoms with Gasteiger partial charge in [0.2, 0.25) is 0 Å². The summed E-state index contributed by atoms with van der Waals surface area (Å²) in [7, 11) is 3.04. The highest BCUT2D eigenvalue weighted by Crippen LogP contribution is 2.39. The minimum atomic E-state index is -0.733. The molecule has 0 saturated heterocycles. The van der Waals surface area contributed by atoms with Gasteiger partial charge in [-0.1, -0.05) is 24.3 Å². The summed E-state index contributed by atoms with van der Waals surface area (Å²) in [5.74, 6) is 1.14. The molecule has 0 aromatic heterocycles. The van der Waals surface area contributed by atoms with E-state index in [4.69, 9.17) is 14.2 Å². The first-order valence-electron chi connectivity index (χ1n) is 9.52. The lowest BCUT2D eigenvalue weighted by Crippen LogP contribution is -2.46. The number of amides is 3. The highest BCUT2D eigenvalue weighted by atomic mass is 16.5. The Kier molecular flexibility index (Phi) is 6.46. The largest absolute Gasteiger partial charge is 0.493 e. The first kappa shape index (κ1) is 21.0. The first-order chi connectivity index (χ1) is 14.5. The van der Waals surface area contributed by atoms with Crippen LogP contribution in [0.1, 0.15) is 25.5 Å². The van der Waals surface area contributed by atoms with Gasteiger partial charge in [-0.25, -0.2) is 4.79 Å². The minimum Gasteiger partial charge on any atom is -0.493 e. The molecule has 0 aliphatic carbocycles. The van der Waals surface area contributed by atoms with Gasteiger partial charge in [0, 0.05) is 11.3 Å². The topological polar surface area (TPSA) is 97.9 Å². The van der Waals surface area contributed by atoms with Crippen LogP contribution in [0.25, 0.3) is 0 Å². The Hall–Kier alpha value is -3.68. The molecule has 0 bridgehead atoms. The molecule has 3 amide bonds. The minimum absolute atomic E-state index is 0.354. The molecule has 2 aromatic carbocycles. The second-order valence-corrected chi connectivity index (χ2v) is 6.54. The number of carbonyl (C=O) groups is 2. The third-order valence-corrected chi connectivity index (χ3v) is 4.69. The Balaban J connectivity index is 2.02. The Morgan fingerprint density at radius 3 is 2.50 bits per heavy atom. The van der Waals surface area contributed by atoms with Crippen LogP contribution >= 0.6 is 0 Å². The number of methoxy groups -OCH3 is 2. The fourth-order valence-electron chi connectivity index (χ4n) is 3.41. The fraction of sp³-hybridized carbons (Fsp3) is 0.273. The van der Waals surface area contributed by atoms with Crippen molar-refractivity contribution in [2.45, 2.75) is 19.9 Å². The van der Waals surface area contributed by atoms with Gasteiger partial charge >= 0.3 is 6.03 Å². The highest BCUT2D eigenvalue weighted by Gasteiger charge is 2.34. The molecule has 1 aliphatic heterocycles. The molecule has 3 N–H and O–H groups in total. The summed E-state index contributed by atoms with van der Waals surface area (Å²) in [6.45, 7) is 4.02. The quantitative estimate of drug-likeness (QED) is 0.649. The predicted octanol–water partition coefficient (Wildman–Crippen LogP) is 3.37. The van der Waals surface area contributed by atoms with Crippen LogP contribution in [0, 0.1) is 0 Å². The second kappa shape index (κ2) is 9.21. The Morgan fingerprint density at radius 1 is 1.07 bits per heavy atom. The molecule has 1 atom stereocenters. The van der Waals surface area contributed by atoms with E-state index in [0.29, 0.717) is 46.4 Å². The Morgan fingerprint density at radius 2 is 1.80 bits per heavy atom. The number of benzene rings is 2. The third kappa shape index (κ3) is 4.17. The van der Waals surface area contributed by atoms with E-state index in [0.717, 1.165) is 0 Å². The number of hydrogen-bond acceptors (Lipinski definition) is 5. The van der Waals surface area contributed by atoms with Crippen LogP contribution in [0.2, 0.25) is 0 Å². The van der Waals surface area contributed by atoms with E-state index in [1.807, 2.05) is 19.1 Å². The van der Waals surface area contributed by atoms with Crippen molar-refractivity contribution in [1.29, 1.82) is 0 Å². The van der Waals surface area contributed by atoms with E-state index in [1.165, 1.54) is 14.2 Å². The standard InChI is InChI=1S/C22H25N3O5/c1-5-30-16-11-7-6-10-15(16)24-21(26)18-13(2)23-22(27)25-19(18)14-9-8-12-17(28-3)20(14)29-4/h6-12,19H,5H2,1-4H3,(H,24,26)(H2,23,25,27)/t19-/m1/s1. The molecule has 1 aliphatic rings. The van der Waals surface area contributed by atoms with Crippen LogP contribution in [-0.2, 0) is 4.79 Å². The zero-order valence-corrected chi connectivity index (χ0v) is 17.4. The number of ether oxygens (including phenoxy) is 3. The summed E-state index contributed by atoms with van der Waals surface area (Å²) in [5, 5.41) is 8.37. The van der Waals surface area contributed by atoms with Gasteiger partial charge in [-0.2, -0.15) is 0 Å². The number of hydrogen-bond donors (Lipinski definition) is 3.